The van der Waals surface area contributed by atoms with Gasteiger partial charge in [0.2, 0.25) is 0 Å². The first-order valence-electron chi connectivity index (χ1n) is 6.21. The van der Waals surface area contributed by atoms with E-state index in [-0.39, 0.29) is 5.56 Å². The van der Waals surface area contributed by atoms with Crippen molar-refractivity contribution >= 4 is 17.3 Å². The molecular formula is C14H14FN5. The van der Waals surface area contributed by atoms with Gasteiger partial charge in [-0.05, 0) is 24.6 Å². The molecule has 0 aliphatic carbocycles. The van der Waals surface area contributed by atoms with Crippen molar-refractivity contribution in [3.05, 3.63) is 41.5 Å². The van der Waals surface area contributed by atoms with Gasteiger partial charge in [0.1, 0.15) is 29.8 Å². The minimum Gasteiger partial charge on any atom is -0.383 e. The highest BCUT2D eigenvalue weighted by atomic mass is 19.1. The van der Waals surface area contributed by atoms with Gasteiger partial charge in [-0.25, -0.2) is 14.4 Å². The van der Waals surface area contributed by atoms with E-state index >= 15 is 0 Å². The summed E-state index contributed by atoms with van der Waals surface area (Å²) in [6, 6.07) is 6.02. The molecule has 0 saturated carbocycles. The lowest BCUT2D eigenvalue weighted by molar-refractivity contribution is 0.624. The van der Waals surface area contributed by atoms with Gasteiger partial charge >= 0.3 is 0 Å². The fourth-order valence-corrected chi connectivity index (χ4v) is 1.86. The van der Waals surface area contributed by atoms with E-state index in [1.54, 1.807) is 12.1 Å². The number of nitrogens with zero attached hydrogens (tertiary/aromatic N) is 3. The van der Waals surface area contributed by atoms with Crippen LogP contribution in [0.5, 0.6) is 0 Å². The molecule has 1 heterocycles. The van der Waals surface area contributed by atoms with Crippen LogP contribution in [0.2, 0.25) is 0 Å². The summed E-state index contributed by atoms with van der Waals surface area (Å²) in [5, 5.41) is 11.9. The monoisotopic (exact) mass is 271 g/mol. The second-order valence-electron chi connectivity index (χ2n) is 4.27. The number of anilines is 3. The Morgan fingerprint density at radius 2 is 2.20 bits per heavy atom. The molecule has 6 heteroatoms. The van der Waals surface area contributed by atoms with Crippen molar-refractivity contribution in [1.82, 2.24) is 9.97 Å². The number of benzene rings is 1. The summed E-state index contributed by atoms with van der Waals surface area (Å²) in [5.74, 6) is 0.454. The summed E-state index contributed by atoms with van der Waals surface area (Å²) in [7, 11) is 0. The summed E-state index contributed by atoms with van der Waals surface area (Å²) >= 11 is 0. The zero-order valence-electron chi connectivity index (χ0n) is 11.0. The molecule has 0 radical (unpaired) electrons. The number of nitrogens with two attached hydrogens (primary N) is 1. The molecule has 2 aromatic rings. The topological polar surface area (TPSA) is 87.6 Å². The molecule has 0 saturated heterocycles. The van der Waals surface area contributed by atoms with Gasteiger partial charge in [-0.3, -0.25) is 0 Å². The lowest BCUT2D eigenvalue weighted by Crippen LogP contribution is -2.05. The third kappa shape index (κ3) is 2.83. The summed E-state index contributed by atoms with van der Waals surface area (Å²) in [6.45, 7) is 2.03. The van der Waals surface area contributed by atoms with Crippen LogP contribution >= 0.6 is 0 Å². The average Bonchev–Trinajstić information content (AvgIpc) is 2.44. The maximum absolute atomic E-state index is 13.3. The number of hydrogen-bond acceptors (Lipinski definition) is 5. The molecule has 102 valence electrons. The van der Waals surface area contributed by atoms with Crippen LogP contribution in [0, 0.1) is 17.1 Å². The fourth-order valence-electron chi connectivity index (χ4n) is 1.86. The predicted octanol–water partition coefficient (Wildman–Crippen LogP) is 2.77. The average molecular weight is 271 g/mol. The van der Waals surface area contributed by atoms with E-state index in [9.17, 15) is 4.39 Å². The van der Waals surface area contributed by atoms with Gasteiger partial charge in [0.25, 0.3) is 0 Å². The number of rotatable bonds is 4. The minimum atomic E-state index is -0.547. The third-order valence-electron chi connectivity index (χ3n) is 2.83. The first-order chi connectivity index (χ1) is 9.65. The molecule has 2 rings (SSSR count). The lowest BCUT2D eigenvalue weighted by Gasteiger charge is -2.12. The number of hydrogen-bond donors (Lipinski definition) is 2. The number of nitrogens with one attached hydrogen (secondary N) is 1. The molecule has 1 aromatic heterocycles. The van der Waals surface area contributed by atoms with Gasteiger partial charge in [-0.15, -0.1) is 0 Å². The molecule has 0 atom stereocenters. The molecule has 0 aliphatic rings. The van der Waals surface area contributed by atoms with E-state index in [4.69, 9.17) is 11.0 Å². The smallest absolute Gasteiger partial charge is 0.141 e. The number of nitriles is 1. The van der Waals surface area contributed by atoms with Crippen LogP contribution in [0.25, 0.3) is 0 Å². The molecule has 1 aromatic carbocycles. The first kappa shape index (κ1) is 13.7. The largest absolute Gasteiger partial charge is 0.383 e. The quantitative estimate of drug-likeness (QED) is 0.892. The Bertz CT molecular complexity index is 663. The summed E-state index contributed by atoms with van der Waals surface area (Å²) in [5.41, 5.74) is 7.22. The van der Waals surface area contributed by atoms with E-state index in [0.29, 0.717) is 17.3 Å². The van der Waals surface area contributed by atoms with Crippen molar-refractivity contribution in [3.63, 3.8) is 0 Å². The fraction of sp³-hybridized carbons (Fsp3) is 0.214. The van der Waals surface area contributed by atoms with E-state index < -0.39 is 5.82 Å². The van der Waals surface area contributed by atoms with Gasteiger partial charge in [-0.2, -0.15) is 5.26 Å². The Balaban J connectivity index is 2.35. The van der Waals surface area contributed by atoms with Crippen molar-refractivity contribution in [3.8, 4) is 6.07 Å². The van der Waals surface area contributed by atoms with Crippen LogP contribution in [-0.4, -0.2) is 9.97 Å². The van der Waals surface area contributed by atoms with Crippen molar-refractivity contribution in [2.75, 3.05) is 11.1 Å². The number of aromatic nitrogens is 2. The van der Waals surface area contributed by atoms with Crippen molar-refractivity contribution in [2.45, 2.75) is 19.8 Å². The van der Waals surface area contributed by atoms with Crippen molar-refractivity contribution in [1.29, 1.82) is 5.26 Å². The van der Waals surface area contributed by atoms with Crippen molar-refractivity contribution < 1.29 is 4.39 Å². The lowest BCUT2D eigenvalue weighted by atomic mass is 10.1. The minimum absolute atomic E-state index is 0.0194. The third-order valence-corrected chi connectivity index (χ3v) is 2.83. The van der Waals surface area contributed by atoms with E-state index in [1.165, 1.54) is 18.5 Å². The van der Waals surface area contributed by atoms with Gasteiger partial charge in [0.15, 0.2) is 0 Å². The van der Waals surface area contributed by atoms with Crippen LogP contribution < -0.4 is 11.1 Å². The number of halogens is 1. The van der Waals surface area contributed by atoms with Crippen LogP contribution in [0.1, 0.15) is 24.5 Å². The molecule has 20 heavy (non-hydrogen) atoms. The molecule has 5 nitrogen and oxygen atoms in total. The zero-order chi connectivity index (χ0) is 14.5. The van der Waals surface area contributed by atoms with Crippen LogP contribution in [0.15, 0.2) is 24.5 Å². The van der Waals surface area contributed by atoms with Crippen LogP contribution in [-0.2, 0) is 6.42 Å². The molecule has 3 N–H and O–H groups in total. The van der Waals surface area contributed by atoms with Crippen LogP contribution in [0.4, 0.5) is 21.7 Å². The van der Waals surface area contributed by atoms with Gasteiger partial charge in [0, 0.05) is 11.3 Å². The summed E-state index contributed by atoms with van der Waals surface area (Å²) < 4.78 is 13.3. The van der Waals surface area contributed by atoms with E-state index in [0.717, 1.165) is 18.4 Å². The summed E-state index contributed by atoms with van der Waals surface area (Å²) in [4.78, 5) is 8.11. The van der Waals surface area contributed by atoms with Gasteiger partial charge in [0.05, 0.1) is 5.56 Å². The normalized spacial score (nSPS) is 10.1. The second-order valence-corrected chi connectivity index (χ2v) is 4.27. The highest BCUT2D eigenvalue weighted by molar-refractivity contribution is 5.64. The maximum atomic E-state index is 13.3. The maximum Gasteiger partial charge on any atom is 0.141 e. The Morgan fingerprint density at radius 3 is 2.90 bits per heavy atom. The molecular weight excluding hydrogens is 257 g/mol. The Hall–Kier alpha value is -2.68. The Morgan fingerprint density at radius 1 is 1.40 bits per heavy atom. The predicted molar refractivity (Wildman–Crippen MR) is 74.8 cm³/mol. The van der Waals surface area contributed by atoms with E-state index in [1.807, 2.05) is 6.92 Å². The molecule has 0 spiro atoms. The Labute approximate surface area is 116 Å². The first-order valence-corrected chi connectivity index (χ1v) is 6.21. The van der Waals surface area contributed by atoms with E-state index in [2.05, 4.69) is 15.3 Å². The van der Waals surface area contributed by atoms with Crippen LogP contribution in [0.3, 0.4) is 0 Å². The molecule has 0 aliphatic heterocycles. The molecule has 0 fully saturated rings. The second kappa shape index (κ2) is 5.97. The Kier molecular flexibility index (Phi) is 4.11. The molecule has 0 unspecified atom stereocenters. The van der Waals surface area contributed by atoms with Crippen molar-refractivity contribution in [2.24, 2.45) is 0 Å². The van der Waals surface area contributed by atoms with Gasteiger partial charge < -0.3 is 11.1 Å². The van der Waals surface area contributed by atoms with Gasteiger partial charge in [-0.1, -0.05) is 13.3 Å². The highest BCUT2D eigenvalue weighted by Crippen LogP contribution is 2.24. The molecule has 0 amide bonds. The highest BCUT2D eigenvalue weighted by Gasteiger charge is 2.10. The SMILES string of the molecule is CCCc1c(N)ncnc1Nc1ccc(F)c(C#N)c1. The number of nitrogen functional groups attached to an aromatic ring is 1. The zero-order valence-corrected chi connectivity index (χ0v) is 11.0. The molecule has 0 bridgehead atoms. The summed E-state index contributed by atoms with van der Waals surface area (Å²) in [6.07, 6.45) is 3.01. The standard InChI is InChI=1S/C14H14FN5/c1-2-3-11-13(17)18-8-19-14(11)20-10-4-5-12(15)9(6-10)7-16/h4-6,8H,2-3H2,1H3,(H3,17,18,19,20).